The fraction of sp³-hybridized carbons (Fsp3) is 0.562. The van der Waals surface area contributed by atoms with E-state index >= 15 is 0 Å². The molecule has 22 heavy (non-hydrogen) atoms. The first kappa shape index (κ1) is 16.9. The predicted octanol–water partition coefficient (Wildman–Crippen LogP) is 2.12. The van der Waals surface area contributed by atoms with Crippen LogP contribution in [0.4, 0.5) is 10.5 Å². The van der Waals surface area contributed by atoms with Gasteiger partial charge in [0, 0.05) is 43.4 Å². The van der Waals surface area contributed by atoms with E-state index in [2.05, 4.69) is 15.1 Å². The van der Waals surface area contributed by atoms with Crippen molar-refractivity contribution in [2.45, 2.75) is 6.42 Å². The fourth-order valence-electron chi connectivity index (χ4n) is 2.52. The Morgan fingerprint density at radius 2 is 1.82 bits per heavy atom. The largest absolute Gasteiger partial charge is 0.368 e. The number of amides is 2. The second kappa shape index (κ2) is 8.25. The van der Waals surface area contributed by atoms with E-state index < -0.39 is 0 Å². The topological polar surface area (TPSA) is 38.8 Å². The van der Waals surface area contributed by atoms with Crippen LogP contribution in [0.25, 0.3) is 0 Å². The molecule has 0 spiro atoms. The van der Waals surface area contributed by atoms with Crippen molar-refractivity contribution < 1.29 is 4.79 Å². The van der Waals surface area contributed by atoms with Gasteiger partial charge in [0.15, 0.2) is 0 Å². The Morgan fingerprint density at radius 3 is 2.41 bits per heavy atom. The van der Waals surface area contributed by atoms with Gasteiger partial charge in [-0.15, -0.1) is 0 Å². The van der Waals surface area contributed by atoms with Crippen LogP contribution in [0.15, 0.2) is 24.3 Å². The summed E-state index contributed by atoms with van der Waals surface area (Å²) in [5.74, 6) is 0. The smallest absolute Gasteiger partial charge is 0.317 e. The normalized spacial score (nSPS) is 15.3. The van der Waals surface area contributed by atoms with Gasteiger partial charge >= 0.3 is 6.03 Å². The Kier molecular flexibility index (Phi) is 6.34. The molecule has 5 nitrogen and oxygen atoms in total. The first-order chi connectivity index (χ1) is 10.6. The Labute approximate surface area is 137 Å². The van der Waals surface area contributed by atoms with Gasteiger partial charge in [-0.1, -0.05) is 11.6 Å². The minimum atomic E-state index is 0.0505. The molecule has 1 fully saturated rings. The average molecular weight is 325 g/mol. The maximum atomic E-state index is 12.1. The van der Waals surface area contributed by atoms with Crippen LogP contribution in [0.5, 0.6) is 0 Å². The highest BCUT2D eigenvalue weighted by Crippen LogP contribution is 2.19. The number of hydrogen-bond acceptors (Lipinski definition) is 3. The molecule has 6 heteroatoms. The summed E-state index contributed by atoms with van der Waals surface area (Å²) in [5.41, 5.74) is 1.16. The molecule has 0 radical (unpaired) electrons. The maximum Gasteiger partial charge on any atom is 0.317 e. The second-order valence-corrected chi connectivity index (χ2v) is 6.28. The van der Waals surface area contributed by atoms with Crippen LogP contribution in [0.3, 0.4) is 0 Å². The number of piperazine rings is 1. The van der Waals surface area contributed by atoms with Crippen molar-refractivity contribution in [1.29, 1.82) is 0 Å². The van der Waals surface area contributed by atoms with E-state index in [1.165, 1.54) is 0 Å². The number of anilines is 1. The summed E-state index contributed by atoms with van der Waals surface area (Å²) in [6.07, 6.45) is 0.976. The first-order valence-electron chi connectivity index (χ1n) is 7.74. The van der Waals surface area contributed by atoms with E-state index in [0.29, 0.717) is 0 Å². The van der Waals surface area contributed by atoms with Crippen molar-refractivity contribution in [3.05, 3.63) is 29.3 Å². The third kappa shape index (κ3) is 5.07. The molecular formula is C16H25ClN4O. The molecule has 1 aromatic carbocycles. The van der Waals surface area contributed by atoms with E-state index in [4.69, 9.17) is 11.6 Å². The van der Waals surface area contributed by atoms with Crippen molar-refractivity contribution in [3.63, 3.8) is 0 Å². The van der Waals surface area contributed by atoms with Gasteiger partial charge in [-0.3, -0.25) is 0 Å². The molecule has 1 aliphatic rings. The molecule has 0 atom stereocenters. The van der Waals surface area contributed by atoms with E-state index in [-0.39, 0.29) is 6.03 Å². The van der Waals surface area contributed by atoms with Gasteiger partial charge in [0.2, 0.25) is 0 Å². The molecule has 1 aliphatic heterocycles. The monoisotopic (exact) mass is 324 g/mol. The Hall–Kier alpha value is -1.46. The molecule has 0 unspecified atom stereocenters. The molecule has 0 aliphatic carbocycles. The minimum Gasteiger partial charge on any atom is -0.368 e. The zero-order chi connectivity index (χ0) is 15.9. The van der Waals surface area contributed by atoms with Crippen LogP contribution >= 0.6 is 11.6 Å². The highest BCUT2D eigenvalue weighted by Gasteiger charge is 2.20. The van der Waals surface area contributed by atoms with Gasteiger partial charge in [0.05, 0.1) is 0 Å². The Morgan fingerprint density at radius 1 is 1.18 bits per heavy atom. The summed E-state index contributed by atoms with van der Waals surface area (Å²) in [7, 11) is 4.08. The molecule has 1 heterocycles. The number of nitrogens with one attached hydrogen (secondary N) is 1. The molecule has 122 valence electrons. The molecule has 1 aromatic rings. The quantitative estimate of drug-likeness (QED) is 0.843. The number of halogens is 1. The number of hydrogen-bond donors (Lipinski definition) is 1. The molecule has 1 saturated heterocycles. The van der Waals surface area contributed by atoms with Crippen molar-refractivity contribution in [1.82, 2.24) is 15.1 Å². The number of rotatable bonds is 5. The summed E-state index contributed by atoms with van der Waals surface area (Å²) in [6, 6.07) is 7.91. The van der Waals surface area contributed by atoms with Gasteiger partial charge in [-0.25, -0.2) is 4.79 Å². The first-order valence-corrected chi connectivity index (χ1v) is 8.12. The van der Waals surface area contributed by atoms with E-state index in [0.717, 1.165) is 56.4 Å². The lowest BCUT2D eigenvalue weighted by molar-refractivity contribution is 0.194. The lowest BCUT2D eigenvalue weighted by Crippen LogP contribution is -2.52. The summed E-state index contributed by atoms with van der Waals surface area (Å²) in [5, 5.41) is 3.74. The highest BCUT2D eigenvalue weighted by molar-refractivity contribution is 6.30. The number of nitrogens with zero attached hydrogens (tertiary/aromatic N) is 3. The summed E-state index contributed by atoms with van der Waals surface area (Å²) >= 11 is 5.91. The fourth-order valence-corrected chi connectivity index (χ4v) is 2.65. The van der Waals surface area contributed by atoms with Gasteiger partial charge in [0.1, 0.15) is 0 Å². The molecule has 0 aromatic heterocycles. The van der Waals surface area contributed by atoms with Crippen LogP contribution in [-0.2, 0) is 0 Å². The van der Waals surface area contributed by atoms with Crippen molar-refractivity contribution in [2.75, 3.05) is 58.3 Å². The van der Waals surface area contributed by atoms with Crippen LogP contribution < -0.4 is 10.2 Å². The molecule has 2 rings (SSSR count). The molecule has 0 saturated carbocycles. The maximum absolute atomic E-state index is 12.1. The van der Waals surface area contributed by atoms with Gasteiger partial charge in [0.25, 0.3) is 0 Å². The SMILES string of the molecule is CN(C)CCCNC(=O)N1CCN(c2ccc(Cl)cc2)CC1. The van der Waals surface area contributed by atoms with Gasteiger partial charge < -0.3 is 20.0 Å². The van der Waals surface area contributed by atoms with Gasteiger partial charge in [-0.2, -0.15) is 0 Å². The number of carbonyl (C=O) groups excluding carboxylic acids is 1. The minimum absolute atomic E-state index is 0.0505. The van der Waals surface area contributed by atoms with Gasteiger partial charge in [-0.05, 0) is 51.3 Å². The predicted molar refractivity (Wildman–Crippen MR) is 91.8 cm³/mol. The van der Waals surface area contributed by atoms with E-state index in [1.54, 1.807) is 0 Å². The lowest BCUT2D eigenvalue weighted by Gasteiger charge is -2.36. The van der Waals surface area contributed by atoms with E-state index in [1.807, 2.05) is 43.3 Å². The number of carbonyl (C=O) groups is 1. The summed E-state index contributed by atoms with van der Waals surface area (Å²) < 4.78 is 0. The lowest BCUT2D eigenvalue weighted by atomic mass is 10.2. The summed E-state index contributed by atoms with van der Waals surface area (Å²) in [4.78, 5) is 18.4. The van der Waals surface area contributed by atoms with Crippen LogP contribution in [0.1, 0.15) is 6.42 Å². The average Bonchev–Trinajstić information content (AvgIpc) is 2.52. The standard InChI is InChI=1S/C16H25ClN4O/c1-19(2)9-3-8-18-16(22)21-12-10-20(11-13-21)15-6-4-14(17)5-7-15/h4-7H,3,8-13H2,1-2H3,(H,18,22). The summed E-state index contributed by atoms with van der Waals surface area (Å²) in [6.45, 7) is 4.93. The second-order valence-electron chi connectivity index (χ2n) is 5.84. The Balaban J connectivity index is 1.72. The van der Waals surface area contributed by atoms with Crippen LogP contribution in [0, 0.1) is 0 Å². The van der Waals surface area contributed by atoms with Crippen LogP contribution in [0.2, 0.25) is 5.02 Å². The number of benzene rings is 1. The third-order valence-electron chi connectivity index (χ3n) is 3.82. The third-order valence-corrected chi connectivity index (χ3v) is 4.07. The zero-order valence-corrected chi connectivity index (χ0v) is 14.1. The molecule has 1 N–H and O–H groups in total. The van der Waals surface area contributed by atoms with Crippen LogP contribution in [-0.4, -0.2) is 69.2 Å². The molecular weight excluding hydrogens is 300 g/mol. The van der Waals surface area contributed by atoms with E-state index in [9.17, 15) is 4.79 Å². The number of urea groups is 1. The van der Waals surface area contributed by atoms with Crippen molar-refractivity contribution >= 4 is 23.3 Å². The zero-order valence-electron chi connectivity index (χ0n) is 13.4. The highest BCUT2D eigenvalue weighted by atomic mass is 35.5. The molecule has 2 amide bonds. The van der Waals surface area contributed by atoms with Crippen molar-refractivity contribution in [3.8, 4) is 0 Å². The Bertz CT molecular complexity index is 470. The van der Waals surface area contributed by atoms with Crippen molar-refractivity contribution in [2.24, 2.45) is 0 Å². The molecule has 0 bridgehead atoms.